The van der Waals surface area contributed by atoms with E-state index in [9.17, 15) is 9.90 Å². The van der Waals surface area contributed by atoms with Gasteiger partial charge >= 0.3 is 5.97 Å². The molecule has 1 aromatic heterocycles. The highest BCUT2D eigenvalue weighted by Crippen LogP contribution is 2.28. The molecular formula is C17H22N2O4. The highest BCUT2D eigenvalue weighted by Gasteiger charge is 2.18. The molecule has 6 heteroatoms. The molecule has 0 amide bonds. The maximum Gasteiger partial charge on any atom is 0.357 e. The number of aromatic carboxylic acids is 1. The van der Waals surface area contributed by atoms with Gasteiger partial charge in [-0.2, -0.15) is 5.10 Å². The number of hydrogen-bond acceptors (Lipinski definition) is 4. The van der Waals surface area contributed by atoms with Crippen LogP contribution in [0.25, 0.3) is 11.1 Å². The summed E-state index contributed by atoms with van der Waals surface area (Å²) in [5, 5.41) is 13.5. The Bertz CT molecular complexity index is 679. The van der Waals surface area contributed by atoms with Crippen LogP contribution in [0.5, 0.6) is 5.75 Å². The number of methoxy groups -OCH3 is 1. The van der Waals surface area contributed by atoms with Gasteiger partial charge in [0.15, 0.2) is 5.69 Å². The monoisotopic (exact) mass is 318 g/mol. The molecule has 0 bridgehead atoms. The average molecular weight is 318 g/mol. The Labute approximate surface area is 135 Å². The van der Waals surface area contributed by atoms with Gasteiger partial charge in [-0.25, -0.2) is 4.79 Å². The van der Waals surface area contributed by atoms with E-state index < -0.39 is 5.97 Å². The van der Waals surface area contributed by atoms with Crippen molar-refractivity contribution in [1.82, 2.24) is 9.78 Å². The largest absolute Gasteiger partial charge is 0.488 e. The number of nitrogens with zero attached hydrogens (tertiary/aromatic N) is 2. The number of carboxylic acids is 1. The summed E-state index contributed by atoms with van der Waals surface area (Å²) in [6.45, 7) is 6.30. The molecule has 0 radical (unpaired) electrons. The molecule has 2 aromatic rings. The molecule has 2 rings (SSSR count). The Morgan fingerprint density at radius 3 is 2.70 bits per heavy atom. The summed E-state index contributed by atoms with van der Waals surface area (Å²) >= 11 is 0. The van der Waals surface area contributed by atoms with Crippen LogP contribution in [0.4, 0.5) is 0 Å². The van der Waals surface area contributed by atoms with E-state index in [1.807, 2.05) is 45.0 Å². The van der Waals surface area contributed by atoms with Gasteiger partial charge in [0.25, 0.3) is 0 Å². The number of benzene rings is 1. The topological polar surface area (TPSA) is 73.6 Å². The molecule has 124 valence electrons. The number of carboxylic acid groups (broad SMARTS) is 1. The van der Waals surface area contributed by atoms with Gasteiger partial charge < -0.3 is 14.6 Å². The normalized spacial score (nSPS) is 12.4. The lowest BCUT2D eigenvalue weighted by Gasteiger charge is -2.14. The first-order valence-corrected chi connectivity index (χ1v) is 7.50. The van der Waals surface area contributed by atoms with E-state index in [0.717, 1.165) is 5.56 Å². The third kappa shape index (κ3) is 4.10. The first-order valence-electron chi connectivity index (χ1n) is 7.50. The molecule has 0 aliphatic heterocycles. The Balaban J connectivity index is 2.36. The Hall–Kier alpha value is -2.34. The summed E-state index contributed by atoms with van der Waals surface area (Å²) in [6.07, 6.45) is 1.67. The van der Waals surface area contributed by atoms with Crippen LogP contribution in [0.1, 0.15) is 37.3 Å². The van der Waals surface area contributed by atoms with E-state index in [1.165, 1.54) is 0 Å². The molecular weight excluding hydrogens is 296 g/mol. The fourth-order valence-corrected chi connectivity index (χ4v) is 2.26. The van der Waals surface area contributed by atoms with Crippen molar-refractivity contribution in [2.45, 2.75) is 32.9 Å². The van der Waals surface area contributed by atoms with E-state index >= 15 is 0 Å². The molecule has 0 fully saturated rings. The fraction of sp³-hybridized carbons (Fsp3) is 0.412. The van der Waals surface area contributed by atoms with Crippen LogP contribution in [0, 0.1) is 0 Å². The van der Waals surface area contributed by atoms with Crippen LogP contribution in [-0.4, -0.2) is 40.7 Å². The molecule has 0 aliphatic rings. The second-order valence-corrected chi connectivity index (χ2v) is 5.68. The molecule has 6 nitrogen and oxygen atoms in total. The van der Waals surface area contributed by atoms with Crippen molar-refractivity contribution in [2.24, 2.45) is 0 Å². The first-order chi connectivity index (χ1) is 10.9. The zero-order chi connectivity index (χ0) is 17.0. The number of aromatic nitrogens is 2. The van der Waals surface area contributed by atoms with Crippen LogP contribution in [-0.2, 0) is 4.74 Å². The smallest absolute Gasteiger partial charge is 0.357 e. The van der Waals surface area contributed by atoms with Crippen molar-refractivity contribution < 1.29 is 19.4 Å². The van der Waals surface area contributed by atoms with E-state index in [-0.39, 0.29) is 17.8 Å². The summed E-state index contributed by atoms with van der Waals surface area (Å²) in [4.78, 5) is 11.5. The van der Waals surface area contributed by atoms with Crippen molar-refractivity contribution in [3.63, 3.8) is 0 Å². The summed E-state index contributed by atoms with van der Waals surface area (Å²) in [7, 11) is 1.62. The highest BCUT2D eigenvalue weighted by atomic mass is 16.5. The van der Waals surface area contributed by atoms with E-state index in [2.05, 4.69) is 5.10 Å². The van der Waals surface area contributed by atoms with Gasteiger partial charge in [0.2, 0.25) is 0 Å². The zero-order valence-electron chi connectivity index (χ0n) is 13.8. The van der Waals surface area contributed by atoms with Gasteiger partial charge in [-0.15, -0.1) is 0 Å². The molecule has 1 atom stereocenters. The van der Waals surface area contributed by atoms with Crippen LogP contribution in [0.3, 0.4) is 0 Å². The van der Waals surface area contributed by atoms with Gasteiger partial charge in [0, 0.05) is 24.9 Å². The zero-order valence-corrected chi connectivity index (χ0v) is 13.8. The van der Waals surface area contributed by atoms with Crippen LogP contribution < -0.4 is 4.74 Å². The Morgan fingerprint density at radius 2 is 2.09 bits per heavy atom. The van der Waals surface area contributed by atoms with E-state index in [4.69, 9.17) is 9.47 Å². The molecule has 0 aliphatic carbocycles. The second kappa shape index (κ2) is 7.28. The van der Waals surface area contributed by atoms with Gasteiger partial charge in [-0.3, -0.25) is 4.68 Å². The standard InChI is InChI=1S/C17H22N2O4/c1-11(2)19-9-15(16(18-19)17(20)21)13-6-5-7-14(8-13)23-12(3)10-22-4/h5-9,11-12H,10H2,1-4H3,(H,20,21). The maximum absolute atomic E-state index is 11.5. The van der Waals surface area contributed by atoms with Crippen molar-refractivity contribution >= 4 is 5.97 Å². The van der Waals surface area contributed by atoms with Crippen molar-refractivity contribution in [2.75, 3.05) is 13.7 Å². The average Bonchev–Trinajstić information content (AvgIpc) is 2.93. The summed E-state index contributed by atoms with van der Waals surface area (Å²) in [6, 6.07) is 7.43. The summed E-state index contributed by atoms with van der Waals surface area (Å²) in [5.74, 6) is -0.376. The predicted molar refractivity (Wildman–Crippen MR) is 87.0 cm³/mol. The van der Waals surface area contributed by atoms with Gasteiger partial charge in [0.1, 0.15) is 11.9 Å². The Kier molecular flexibility index (Phi) is 5.39. The third-order valence-electron chi connectivity index (χ3n) is 3.35. The lowest BCUT2D eigenvalue weighted by molar-refractivity contribution is 0.0690. The predicted octanol–water partition coefficient (Wildman–Crippen LogP) is 3.24. The summed E-state index contributed by atoms with van der Waals surface area (Å²) in [5.41, 5.74) is 1.38. The lowest BCUT2D eigenvalue weighted by atomic mass is 10.1. The molecule has 1 aromatic carbocycles. The molecule has 1 unspecified atom stereocenters. The van der Waals surface area contributed by atoms with Gasteiger partial charge in [-0.1, -0.05) is 12.1 Å². The second-order valence-electron chi connectivity index (χ2n) is 5.68. The molecule has 0 spiro atoms. The highest BCUT2D eigenvalue weighted by molar-refractivity contribution is 5.93. The van der Waals surface area contributed by atoms with E-state index in [1.54, 1.807) is 18.0 Å². The summed E-state index contributed by atoms with van der Waals surface area (Å²) < 4.78 is 12.5. The van der Waals surface area contributed by atoms with Gasteiger partial charge in [0.05, 0.1) is 6.61 Å². The van der Waals surface area contributed by atoms with Gasteiger partial charge in [-0.05, 0) is 38.5 Å². The van der Waals surface area contributed by atoms with Crippen molar-refractivity contribution in [3.05, 3.63) is 36.2 Å². The number of hydrogen-bond donors (Lipinski definition) is 1. The maximum atomic E-state index is 11.5. The SMILES string of the molecule is COCC(C)Oc1cccc(-c2cn(C(C)C)nc2C(=O)O)c1. The first kappa shape index (κ1) is 17.0. The number of ether oxygens (including phenoxy) is 2. The molecule has 1 heterocycles. The van der Waals surface area contributed by atoms with Crippen LogP contribution >= 0.6 is 0 Å². The molecule has 23 heavy (non-hydrogen) atoms. The minimum atomic E-state index is -1.04. The molecule has 1 N–H and O–H groups in total. The van der Waals surface area contributed by atoms with Crippen molar-refractivity contribution in [1.29, 1.82) is 0 Å². The Morgan fingerprint density at radius 1 is 1.35 bits per heavy atom. The quantitative estimate of drug-likeness (QED) is 0.848. The van der Waals surface area contributed by atoms with Crippen LogP contribution in [0.2, 0.25) is 0 Å². The fourth-order valence-electron chi connectivity index (χ4n) is 2.26. The van der Waals surface area contributed by atoms with Crippen molar-refractivity contribution in [3.8, 4) is 16.9 Å². The van der Waals surface area contributed by atoms with Crippen LogP contribution in [0.15, 0.2) is 30.5 Å². The third-order valence-corrected chi connectivity index (χ3v) is 3.35. The molecule has 0 saturated heterocycles. The minimum Gasteiger partial charge on any atom is -0.488 e. The minimum absolute atomic E-state index is 0.0424. The lowest BCUT2D eigenvalue weighted by Crippen LogP contribution is -2.17. The number of rotatable bonds is 7. The number of carbonyl (C=O) groups is 1. The molecule has 0 saturated carbocycles. The van der Waals surface area contributed by atoms with E-state index in [0.29, 0.717) is 17.9 Å².